The number of halogens is 2. The summed E-state index contributed by atoms with van der Waals surface area (Å²) in [6, 6.07) is 9.85. The Bertz CT molecular complexity index is 1230. The predicted molar refractivity (Wildman–Crippen MR) is 128 cm³/mol. The molecule has 9 heteroatoms. The lowest BCUT2D eigenvalue weighted by atomic mass is 10.1. The van der Waals surface area contributed by atoms with Crippen molar-refractivity contribution in [2.45, 2.75) is 44.8 Å². The highest BCUT2D eigenvalue weighted by Gasteiger charge is 2.16. The van der Waals surface area contributed by atoms with Crippen LogP contribution in [0.3, 0.4) is 0 Å². The van der Waals surface area contributed by atoms with Crippen LogP contribution in [-0.4, -0.2) is 39.8 Å². The lowest BCUT2D eigenvalue weighted by Crippen LogP contribution is -2.35. The van der Waals surface area contributed by atoms with Crippen molar-refractivity contribution in [1.29, 1.82) is 0 Å². The SMILES string of the molecule is O=C(NCC(O)COc1cccc(Cl)c1Cl)c1ccc2c(=O)n3c(nc2c1)CCCCCC3. The number of amides is 1. The molecule has 0 radical (unpaired) electrons. The van der Waals surface area contributed by atoms with Crippen LogP contribution >= 0.6 is 23.2 Å². The maximum atomic E-state index is 12.9. The number of ether oxygens (including phenoxy) is 1. The van der Waals surface area contributed by atoms with Crippen LogP contribution < -0.4 is 15.6 Å². The molecular weight excluding hydrogens is 465 g/mol. The van der Waals surface area contributed by atoms with Crippen molar-refractivity contribution in [2.75, 3.05) is 13.2 Å². The Balaban J connectivity index is 1.42. The van der Waals surface area contributed by atoms with Gasteiger partial charge in [-0.1, -0.05) is 42.1 Å². The minimum Gasteiger partial charge on any atom is -0.489 e. The van der Waals surface area contributed by atoms with E-state index in [9.17, 15) is 14.7 Å². The molecule has 1 atom stereocenters. The first-order chi connectivity index (χ1) is 15.9. The normalized spacial score (nSPS) is 14.8. The van der Waals surface area contributed by atoms with E-state index >= 15 is 0 Å². The Labute approximate surface area is 201 Å². The van der Waals surface area contributed by atoms with Crippen molar-refractivity contribution in [3.63, 3.8) is 0 Å². The van der Waals surface area contributed by atoms with Crippen molar-refractivity contribution < 1.29 is 14.6 Å². The van der Waals surface area contributed by atoms with Crippen LogP contribution in [0.15, 0.2) is 41.2 Å². The Morgan fingerprint density at radius 3 is 2.85 bits per heavy atom. The number of nitrogens with one attached hydrogen (secondary N) is 1. The molecule has 1 unspecified atom stereocenters. The van der Waals surface area contributed by atoms with E-state index in [0.29, 0.717) is 33.8 Å². The second-order valence-electron chi connectivity index (χ2n) is 8.11. The highest BCUT2D eigenvalue weighted by atomic mass is 35.5. The van der Waals surface area contributed by atoms with Crippen LogP contribution in [0.2, 0.25) is 10.0 Å². The number of hydrogen-bond acceptors (Lipinski definition) is 5. The first kappa shape index (κ1) is 23.5. The van der Waals surface area contributed by atoms with Crippen molar-refractivity contribution in [1.82, 2.24) is 14.9 Å². The fourth-order valence-electron chi connectivity index (χ4n) is 3.89. The summed E-state index contributed by atoms with van der Waals surface area (Å²) in [7, 11) is 0. The van der Waals surface area contributed by atoms with E-state index in [1.54, 1.807) is 41.0 Å². The number of aliphatic hydroxyl groups is 1. The van der Waals surface area contributed by atoms with Gasteiger partial charge in [-0.2, -0.15) is 0 Å². The lowest BCUT2D eigenvalue weighted by Gasteiger charge is -2.16. The quantitative estimate of drug-likeness (QED) is 0.545. The highest BCUT2D eigenvalue weighted by Crippen LogP contribution is 2.31. The molecule has 2 N–H and O–H groups in total. The zero-order valence-electron chi connectivity index (χ0n) is 18.0. The smallest absolute Gasteiger partial charge is 0.261 e. The largest absolute Gasteiger partial charge is 0.489 e. The molecule has 174 valence electrons. The number of aryl methyl sites for hydroxylation is 1. The van der Waals surface area contributed by atoms with Crippen molar-refractivity contribution in [3.05, 3.63) is 68.2 Å². The van der Waals surface area contributed by atoms with Gasteiger partial charge in [0.2, 0.25) is 0 Å². The van der Waals surface area contributed by atoms with E-state index in [2.05, 4.69) is 10.3 Å². The lowest BCUT2D eigenvalue weighted by molar-refractivity contribution is 0.0844. The van der Waals surface area contributed by atoms with Gasteiger partial charge in [-0.25, -0.2) is 4.98 Å². The number of carbonyl (C=O) groups is 1. The minimum absolute atomic E-state index is 0.0185. The molecule has 0 saturated heterocycles. The molecule has 1 aliphatic heterocycles. The van der Waals surface area contributed by atoms with Gasteiger partial charge in [-0.15, -0.1) is 0 Å². The maximum absolute atomic E-state index is 12.9. The fraction of sp³-hybridized carbons (Fsp3) is 0.375. The molecule has 7 nitrogen and oxygen atoms in total. The van der Waals surface area contributed by atoms with Gasteiger partial charge in [-0.3, -0.25) is 14.2 Å². The van der Waals surface area contributed by atoms with Gasteiger partial charge < -0.3 is 15.2 Å². The highest BCUT2D eigenvalue weighted by molar-refractivity contribution is 6.42. The average Bonchev–Trinajstić information content (AvgIpc) is 2.79. The molecule has 0 spiro atoms. The number of nitrogens with zero attached hydrogens (tertiary/aromatic N) is 2. The summed E-state index contributed by atoms with van der Waals surface area (Å²) in [6.45, 7) is 0.595. The Morgan fingerprint density at radius 2 is 2.00 bits per heavy atom. The van der Waals surface area contributed by atoms with Gasteiger partial charge in [0.15, 0.2) is 0 Å². The van der Waals surface area contributed by atoms with Gasteiger partial charge in [0, 0.05) is 25.1 Å². The molecule has 2 heterocycles. The summed E-state index contributed by atoms with van der Waals surface area (Å²) >= 11 is 12.0. The topological polar surface area (TPSA) is 93.5 Å². The van der Waals surface area contributed by atoms with Crippen molar-refractivity contribution in [2.24, 2.45) is 0 Å². The molecule has 3 aromatic rings. The predicted octanol–water partition coefficient (Wildman–Crippen LogP) is 3.99. The van der Waals surface area contributed by atoms with Crippen molar-refractivity contribution in [3.8, 4) is 5.75 Å². The molecule has 0 aliphatic carbocycles. The molecule has 1 aromatic heterocycles. The fourth-order valence-corrected chi connectivity index (χ4v) is 4.24. The third-order valence-electron chi connectivity index (χ3n) is 5.67. The molecule has 1 aliphatic rings. The van der Waals surface area contributed by atoms with E-state index in [-0.39, 0.29) is 29.6 Å². The maximum Gasteiger partial charge on any atom is 0.261 e. The number of aromatic nitrogens is 2. The monoisotopic (exact) mass is 489 g/mol. The molecule has 33 heavy (non-hydrogen) atoms. The van der Waals surface area contributed by atoms with Gasteiger partial charge in [0.05, 0.1) is 15.9 Å². The summed E-state index contributed by atoms with van der Waals surface area (Å²) in [5, 5.41) is 14.0. The number of aliphatic hydroxyl groups excluding tert-OH is 1. The van der Waals surface area contributed by atoms with E-state index in [4.69, 9.17) is 27.9 Å². The van der Waals surface area contributed by atoms with Crippen LogP contribution in [0, 0.1) is 0 Å². The zero-order valence-corrected chi connectivity index (χ0v) is 19.5. The van der Waals surface area contributed by atoms with Crippen LogP contribution in [0.1, 0.15) is 41.9 Å². The van der Waals surface area contributed by atoms with Crippen molar-refractivity contribution >= 4 is 40.0 Å². The number of fused-ring (bicyclic) bond motifs is 2. The van der Waals surface area contributed by atoms with Gasteiger partial charge in [0.1, 0.15) is 29.3 Å². The minimum atomic E-state index is -0.952. The molecule has 0 bridgehead atoms. The third-order valence-corrected chi connectivity index (χ3v) is 6.48. The van der Waals surface area contributed by atoms with Crippen LogP contribution in [0.25, 0.3) is 10.9 Å². The van der Waals surface area contributed by atoms with E-state index < -0.39 is 6.10 Å². The van der Waals surface area contributed by atoms with E-state index in [1.165, 1.54) is 0 Å². The number of carbonyl (C=O) groups excluding carboxylic acids is 1. The van der Waals surface area contributed by atoms with E-state index in [0.717, 1.165) is 37.9 Å². The molecule has 1 amide bonds. The van der Waals surface area contributed by atoms with Crippen LogP contribution in [0.4, 0.5) is 0 Å². The van der Waals surface area contributed by atoms with Gasteiger partial charge in [-0.05, 0) is 43.2 Å². The summed E-state index contributed by atoms with van der Waals surface area (Å²) in [4.78, 5) is 30.2. The standard InChI is InChI=1S/C24H25Cl2N3O4/c25-18-6-5-7-20(22(18)26)33-14-16(30)13-27-23(31)15-9-10-17-19(12-15)28-21-8-3-1-2-4-11-29(21)24(17)32/h5-7,9-10,12,16,30H,1-4,8,11,13-14H2,(H,27,31). The van der Waals surface area contributed by atoms with Crippen LogP contribution in [-0.2, 0) is 13.0 Å². The first-order valence-corrected chi connectivity index (χ1v) is 11.8. The molecule has 2 aromatic carbocycles. The molecule has 0 saturated carbocycles. The number of rotatable bonds is 6. The molecule has 4 rings (SSSR count). The number of benzene rings is 2. The Kier molecular flexibility index (Phi) is 7.53. The van der Waals surface area contributed by atoms with Crippen LogP contribution in [0.5, 0.6) is 5.75 Å². The summed E-state index contributed by atoms with van der Waals surface area (Å²) in [5.74, 6) is 0.763. The second kappa shape index (κ2) is 10.5. The third kappa shape index (κ3) is 5.49. The average molecular weight is 490 g/mol. The molecular formula is C24H25Cl2N3O4. The summed E-state index contributed by atoms with van der Waals surface area (Å²) in [6.07, 6.45) is 4.02. The Morgan fingerprint density at radius 1 is 1.18 bits per heavy atom. The van der Waals surface area contributed by atoms with Gasteiger partial charge >= 0.3 is 0 Å². The van der Waals surface area contributed by atoms with E-state index in [1.807, 2.05) is 0 Å². The molecule has 0 fully saturated rings. The number of hydrogen-bond donors (Lipinski definition) is 2. The first-order valence-electron chi connectivity index (χ1n) is 11.0. The second-order valence-corrected chi connectivity index (χ2v) is 8.89. The summed E-state index contributed by atoms with van der Waals surface area (Å²) in [5.41, 5.74) is 0.825. The summed E-state index contributed by atoms with van der Waals surface area (Å²) < 4.78 is 7.26. The Hall–Kier alpha value is -2.61. The van der Waals surface area contributed by atoms with Gasteiger partial charge in [0.25, 0.3) is 11.5 Å². The zero-order chi connectivity index (χ0) is 23.4.